The van der Waals surface area contributed by atoms with Crippen LogP contribution in [0.5, 0.6) is 5.75 Å². The molecule has 0 spiro atoms. The van der Waals surface area contributed by atoms with Gasteiger partial charge in [0.15, 0.2) is 0 Å². The average molecular weight is 607 g/mol. The number of aliphatic hydroxyl groups excluding tert-OH is 1. The molecular weight excluding hydrogens is 564 g/mol. The lowest BCUT2D eigenvalue weighted by atomic mass is 10.0. The summed E-state index contributed by atoms with van der Waals surface area (Å²) in [6.07, 6.45) is -0.129. The number of fused-ring (bicyclic) bond motifs is 1. The lowest BCUT2D eigenvalue weighted by Crippen LogP contribution is -2.47. The Bertz CT molecular complexity index is 1560. The average Bonchev–Trinajstić information content (AvgIpc) is 3.09. The van der Waals surface area contributed by atoms with Crippen molar-refractivity contribution in [3.63, 3.8) is 0 Å². The fourth-order valence-corrected chi connectivity index (χ4v) is 5.66. The number of carbonyl (C=O) groups excluding carboxylic acids is 2. The van der Waals surface area contributed by atoms with Crippen LogP contribution >= 0.6 is 0 Å². The molecule has 0 radical (unpaired) electrons. The number of amides is 3. The number of ether oxygens (including phenoxy) is 1. The Balaban J connectivity index is 1.33. The second kappa shape index (κ2) is 14.9. The summed E-state index contributed by atoms with van der Waals surface area (Å²) in [4.78, 5) is 30.2. The highest BCUT2D eigenvalue weighted by molar-refractivity contribution is 6.00. The van der Waals surface area contributed by atoms with Gasteiger partial charge in [0.2, 0.25) is 5.91 Å². The quantitative estimate of drug-likeness (QED) is 0.209. The van der Waals surface area contributed by atoms with E-state index in [-0.39, 0.29) is 43.0 Å². The van der Waals surface area contributed by atoms with Crippen LogP contribution in [0.4, 0.5) is 16.2 Å². The molecule has 4 aromatic rings. The number of hydrogen-bond donors (Lipinski definition) is 3. The summed E-state index contributed by atoms with van der Waals surface area (Å²) < 4.78 is 6.67. The van der Waals surface area contributed by atoms with E-state index in [0.717, 1.165) is 6.54 Å². The highest BCUT2D eigenvalue weighted by Gasteiger charge is 2.31. The molecule has 0 saturated heterocycles. The molecule has 5 rings (SSSR count). The van der Waals surface area contributed by atoms with Crippen molar-refractivity contribution in [2.24, 2.45) is 5.92 Å². The number of nitrogens with one attached hydrogen (secondary N) is 2. The van der Waals surface area contributed by atoms with E-state index in [0.29, 0.717) is 35.8 Å². The molecule has 8 heteroatoms. The van der Waals surface area contributed by atoms with Gasteiger partial charge in [-0.25, -0.2) is 4.79 Å². The van der Waals surface area contributed by atoms with Crippen molar-refractivity contribution < 1.29 is 19.4 Å². The first kappa shape index (κ1) is 31.8. The molecule has 0 bridgehead atoms. The molecule has 0 unspecified atom stereocenters. The van der Waals surface area contributed by atoms with Crippen molar-refractivity contribution in [1.82, 2.24) is 9.80 Å². The minimum atomic E-state index is -0.378. The number of para-hydroxylation sites is 1. The predicted octanol–water partition coefficient (Wildman–Crippen LogP) is 6.28. The van der Waals surface area contributed by atoms with Crippen molar-refractivity contribution >= 4 is 23.3 Å². The third kappa shape index (κ3) is 8.50. The maximum absolute atomic E-state index is 13.6. The standard InChI is InChI=1S/C37H42N4O4/c1-26-22-41(27(2)25-42)36(43)21-31-20-33(39-37(44)38-32-12-8-5-9-13-32)18-19-34(31)45-35(26)24-40(3)23-28-14-16-30(17-15-28)29-10-6-4-7-11-29/h4-20,26-27,35,42H,21-25H2,1-3H3,(H2,38,39,44)/t26-,27-,35-/m1/s1. The summed E-state index contributed by atoms with van der Waals surface area (Å²) in [5.74, 6) is 0.520. The van der Waals surface area contributed by atoms with Crippen LogP contribution in [0.15, 0.2) is 103 Å². The van der Waals surface area contributed by atoms with Crippen molar-refractivity contribution in [3.8, 4) is 16.9 Å². The van der Waals surface area contributed by atoms with Gasteiger partial charge in [-0.3, -0.25) is 9.69 Å². The Labute approximate surface area is 265 Å². The van der Waals surface area contributed by atoms with Gasteiger partial charge in [0, 0.05) is 42.5 Å². The number of benzene rings is 4. The van der Waals surface area contributed by atoms with Crippen LogP contribution in [0.25, 0.3) is 11.1 Å². The van der Waals surface area contributed by atoms with Crippen LogP contribution in [-0.4, -0.2) is 65.7 Å². The minimum Gasteiger partial charge on any atom is -0.488 e. The van der Waals surface area contributed by atoms with Crippen LogP contribution < -0.4 is 15.4 Å². The van der Waals surface area contributed by atoms with Crippen molar-refractivity contribution in [2.45, 2.75) is 39.0 Å². The Hall–Kier alpha value is -4.66. The zero-order valence-electron chi connectivity index (χ0n) is 26.1. The third-order valence-corrected chi connectivity index (χ3v) is 8.21. The molecule has 0 fully saturated rings. The van der Waals surface area contributed by atoms with Crippen LogP contribution in [0.2, 0.25) is 0 Å². The van der Waals surface area contributed by atoms with Gasteiger partial charge in [0.05, 0.1) is 19.1 Å². The van der Waals surface area contributed by atoms with Crippen LogP contribution in [-0.2, 0) is 17.8 Å². The van der Waals surface area contributed by atoms with Crippen molar-refractivity contribution in [1.29, 1.82) is 0 Å². The molecular formula is C37H42N4O4. The zero-order valence-corrected chi connectivity index (χ0v) is 26.1. The third-order valence-electron chi connectivity index (χ3n) is 8.21. The molecule has 3 N–H and O–H groups in total. The molecule has 1 heterocycles. The first-order valence-corrected chi connectivity index (χ1v) is 15.4. The van der Waals surface area contributed by atoms with Crippen molar-refractivity contribution in [2.75, 3.05) is 37.4 Å². The first-order chi connectivity index (χ1) is 21.8. The van der Waals surface area contributed by atoms with E-state index < -0.39 is 0 Å². The topological polar surface area (TPSA) is 94.1 Å². The molecule has 3 amide bonds. The molecule has 4 aromatic carbocycles. The molecule has 1 aliphatic rings. The Morgan fingerprint density at radius 3 is 2.27 bits per heavy atom. The van der Waals surface area contributed by atoms with Gasteiger partial charge in [0.1, 0.15) is 11.9 Å². The van der Waals surface area contributed by atoms with Gasteiger partial charge < -0.3 is 25.4 Å². The predicted molar refractivity (Wildman–Crippen MR) is 179 cm³/mol. The second-order valence-corrected chi connectivity index (χ2v) is 11.9. The zero-order chi connectivity index (χ0) is 31.8. The van der Waals surface area contributed by atoms with Gasteiger partial charge in [-0.2, -0.15) is 0 Å². The number of rotatable bonds is 9. The number of nitrogens with zero attached hydrogens (tertiary/aromatic N) is 2. The van der Waals surface area contributed by atoms with Gasteiger partial charge in [-0.15, -0.1) is 0 Å². The summed E-state index contributed by atoms with van der Waals surface area (Å²) >= 11 is 0. The maximum Gasteiger partial charge on any atom is 0.323 e. The maximum atomic E-state index is 13.6. The molecule has 0 saturated carbocycles. The normalized spacial score (nSPS) is 17.4. The lowest BCUT2D eigenvalue weighted by Gasteiger charge is -2.34. The molecule has 0 aliphatic carbocycles. The smallest absolute Gasteiger partial charge is 0.323 e. The fourth-order valence-electron chi connectivity index (χ4n) is 5.66. The van der Waals surface area contributed by atoms with Gasteiger partial charge in [-0.05, 0) is 61.0 Å². The summed E-state index contributed by atoms with van der Waals surface area (Å²) in [7, 11) is 2.08. The minimum absolute atomic E-state index is 0.00809. The first-order valence-electron chi connectivity index (χ1n) is 15.4. The molecule has 45 heavy (non-hydrogen) atoms. The fraction of sp³-hybridized carbons (Fsp3) is 0.297. The van der Waals surface area contributed by atoms with Crippen LogP contribution in [0.3, 0.4) is 0 Å². The summed E-state index contributed by atoms with van der Waals surface area (Å²) in [5.41, 5.74) is 5.49. The molecule has 8 nitrogen and oxygen atoms in total. The highest BCUT2D eigenvalue weighted by Crippen LogP contribution is 2.30. The summed E-state index contributed by atoms with van der Waals surface area (Å²) in [6, 6.07) is 32.9. The number of urea groups is 1. The molecule has 1 aliphatic heterocycles. The van der Waals surface area contributed by atoms with E-state index in [1.54, 1.807) is 17.0 Å². The van der Waals surface area contributed by atoms with Crippen LogP contribution in [0, 0.1) is 5.92 Å². The Kier molecular flexibility index (Phi) is 10.5. The van der Waals surface area contributed by atoms with E-state index in [4.69, 9.17) is 4.74 Å². The SMILES string of the molecule is C[C@@H]1CN([C@H](C)CO)C(=O)Cc2cc(NC(=O)Nc3ccccc3)ccc2O[C@@H]1CN(C)Cc1ccc(-c2ccccc2)cc1. The second-order valence-electron chi connectivity index (χ2n) is 11.9. The van der Waals surface area contributed by atoms with Gasteiger partial charge >= 0.3 is 6.03 Å². The van der Waals surface area contributed by atoms with Gasteiger partial charge in [-0.1, -0.05) is 79.7 Å². The number of aliphatic hydroxyl groups is 1. The highest BCUT2D eigenvalue weighted by atomic mass is 16.5. The van der Waals surface area contributed by atoms with E-state index in [1.165, 1.54) is 16.7 Å². The largest absolute Gasteiger partial charge is 0.488 e. The monoisotopic (exact) mass is 606 g/mol. The number of hydrogen-bond acceptors (Lipinski definition) is 5. The number of carbonyl (C=O) groups is 2. The molecule has 234 valence electrons. The number of likely N-dealkylation sites (N-methyl/N-ethyl adjacent to an activating group) is 1. The van der Waals surface area contributed by atoms with Crippen molar-refractivity contribution in [3.05, 3.63) is 114 Å². The van der Waals surface area contributed by atoms with Crippen LogP contribution in [0.1, 0.15) is 25.0 Å². The molecule has 3 atom stereocenters. The van der Waals surface area contributed by atoms with E-state index >= 15 is 0 Å². The van der Waals surface area contributed by atoms with E-state index in [1.807, 2.05) is 61.5 Å². The van der Waals surface area contributed by atoms with Gasteiger partial charge in [0.25, 0.3) is 0 Å². The Morgan fingerprint density at radius 2 is 1.58 bits per heavy atom. The summed E-state index contributed by atoms with van der Waals surface area (Å²) in [6.45, 7) is 5.66. The summed E-state index contributed by atoms with van der Waals surface area (Å²) in [5, 5.41) is 15.6. The van der Waals surface area contributed by atoms with E-state index in [2.05, 4.69) is 65.9 Å². The lowest BCUT2D eigenvalue weighted by molar-refractivity contribution is -0.134. The van der Waals surface area contributed by atoms with E-state index in [9.17, 15) is 14.7 Å². The molecule has 0 aromatic heterocycles. The number of anilines is 2. The Morgan fingerprint density at radius 1 is 0.933 bits per heavy atom.